The largest absolute Gasteiger partial charge is 0.381 e. The predicted molar refractivity (Wildman–Crippen MR) is 56.8 cm³/mol. The molecule has 0 unspecified atom stereocenters. The highest BCUT2D eigenvalue weighted by Crippen LogP contribution is 2.34. The van der Waals surface area contributed by atoms with Gasteiger partial charge in [-0.2, -0.15) is 0 Å². The summed E-state index contributed by atoms with van der Waals surface area (Å²) in [6.07, 6.45) is 5.96. The molecule has 1 saturated carbocycles. The molecule has 0 heterocycles. The van der Waals surface area contributed by atoms with E-state index in [0.29, 0.717) is 6.10 Å². The fraction of sp³-hybridized carbons (Fsp3) is 1.00. The Morgan fingerprint density at radius 1 is 1.31 bits per heavy atom. The zero-order chi connectivity index (χ0) is 9.84. The van der Waals surface area contributed by atoms with Crippen LogP contribution in [0.15, 0.2) is 0 Å². The van der Waals surface area contributed by atoms with Crippen molar-refractivity contribution < 1.29 is 4.74 Å². The Kier molecular flexibility index (Phi) is 4.24. The van der Waals surface area contributed by atoms with Crippen LogP contribution < -0.4 is 0 Å². The average molecular weight is 184 g/mol. The second kappa shape index (κ2) is 4.99. The molecule has 0 radical (unpaired) electrons. The fourth-order valence-electron chi connectivity index (χ4n) is 2.71. The molecule has 1 heteroatoms. The summed E-state index contributed by atoms with van der Waals surface area (Å²) in [5.41, 5.74) is 0. The first-order valence-corrected chi connectivity index (χ1v) is 5.66. The van der Waals surface area contributed by atoms with Crippen LogP contribution >= 0.6 is 0 Å². The maximum absolute atomic E-state index is 5.46. The highest BCUT2D eigenvalue weighted by molar-refractivity contribution is 4.78. The topological polar surface area (TPSA) is 9.23 Å². The van der Waals surface area contributed by atoms with E-state index in [0.717, 1.165) is 17.8 Å². The minimum Gasteiger partial charge on any atom is -0.381 e. The quantitative estimate of drug-likeness (QED) is 0.652. The van der Waals surface area contributed by atoms with Gasteiger partial charge in [0.15, 0.2) is 0 Å². The molecule has 0 N–H and O–H groups in total. The molecule has 1 aliphatic rings. The molecule has 0 aromatic rings. The first-order chi connectivity index (χ1) is 6.13. The Hall–Kier alpha value is -0.0400. The molecule has 0 saturated heterocycles. The van der Waals surface area contributed by atoms with E-state index in [1.54, 1.807) is 0 Å². The minimum atomic E-state index is 0.531. The first-order valence-electron chi connectivity index (χ1n) is 5.66. The Balaban J connectivity index is 2.32. The predicted octanol–water partition coefficient (Wildman–Crippen LogP) is 3.48. The van der Waals surface area contributed by atoms with Crippen LogP contribution in [0.1, 0.15) is 46.5 Å². The molecule has 78 valence electrons. The smallest absolute Gasteiger partial charge is 0.0597 e. The summed E-state index contributed by atoms with van der Waals surface area (Å²) in [5.74, 6) is 2.58. The van der Waals surface area contributed by atoms with Crippen molar-refractivity contribution in [3.8, 4) is 0 Å². The third-order valence-electron chi connectivity index (χ3n) is 3.31. The van der Waals surface area contributed by atoms with Gasteiger partial charge in [0.1, 0.15) is 0 Å². The lowest BCUT2D eigenvalue weighted by Gasteiger charge is -2.34. The molecule has 3 atom stereocenters. The van der Waals surface area contributed by atoms with Crippen LogP contribution in [-0.4, -0.2) is 13.2 Å². The van der Waals surface area contributed by atoms with E-state index in [1.165, 1.54) is 25.7 Å². The molecule has 1 rings (SSSR count). The number of rotatable bonds is 3. The lowest BCUT2D eigenvalue weighted by atomic mass is 9.77. The summed E-state index contributed by atoms with van der Waals surface area (Å²) >= 11 is 0. The molecule has 1 fully saturated rings. The highest BCUT2D eigenvalue weighted by Gasteiger charge is 2.27. The van der Waals surface area contributed by atoms with E-state index in [4.69, 9.17) is 4.74 Å². The normalized spacial score (nSPS) is 35.3. The number of methoxy groups -OCH3 is 1. The van der Waals surface area contributed by atoms with Crippen LogP contribution in [0.3, 0.4) is 0 Å². The van der Waals surface area contributed by atoms with Crippen molar-refractivity contribution in [2.24, 2.45) is 17.8 Å². The van der Waals surface area contributed by atoms with Gasteiger partial charge in [0.2, 0.25) is 0 Å². The second-order valence-electron chi connectivity index (χ2n) is 5.06. The van der Waals surface area contributed by atoms with Crippen molar-refractivity contribution in [3.63, 3.8) is 0 Å². The molecule has 1 aliphatic carbocycles. The molecular formula is C12H24O. The summed E-state index contributed by atoms with van der Waals surface area (Å²) in [7, 11) is 1.85. The Morgan fingerprint density at radius 2 is 2.00 bits per heavy atom. The summed E-state index contributed by atoms with van der Waals surface area (Å²) < 4.78 is 5.46. The van der Waals surface area contributed by atoms with E-state index < -0.39 is 0 Å². The molecule has 0 aliphatic heterocycles. The molecule has 0 aromatic heterocycles. The van der Waals surface area contributed by atoms with Gasteiger partial charge in [0.25, 0.3) is 0 Å². The molecule has 0 amide bonds. The van der Waals surface area contributed by atoms with E-state index in [1.807, 2.05) is 7.11 Å². The summed E-state index contributed by atoms with van der Waals surface area (Å²) in [6.45, 7) is 6.99. The van der Waals surface area contributed by atoms with Gasteiger partial charge >= 0.3 is 0 Å². The van der Waals surface area contributed by atoms with Crippen molar-refractivity contribution in [2.45, 2.75) is 52.6 Å². The third kappa shape index (κ3) is 3.30. The lowest BCUT2D eigenvalue weighted by molar-refractivity contribution is 0.0123. The van der Waals surface area contributed by atoms with E-state index in [9.17, 15) is 0 Å². The van der Waals surface area contributed by atoms with Crippen LogP contribution in [0, 0.1) is 17.8 Å². The maximum Gasteiger partial charge on any atom is 0.0597 e. The molecule has 1 nitrogen and oxygen atoms in total. The maximum atomic E-state index is 5.46. The molecule has 13 heavy (non-hydrogen) atoms. The minimum absolute atomic E-state index is 0.531. The van der Waals surface area contributed by atoms with E-state index in [2.05, 4.69) is 20.8 Å². The Bertz CT molecular complexity index is 142. The Labute approximate surface area is 82.9 Å². The zero-order valence-electron chi connectivity index (χ0n) is 9.55. The third-order valence-corrected chi connectivity index (χ3v) is 3.31. The van der Waals surface area contributed by atoms with Crippen LogP contribution in [-0.2, 0) is 4.74 Å². The van der Waals surface area contributed by atoms with Gasteiger partial charge in [-0.15, -0.1) is 0 Å². The van der Waals surface area contributed by atoms with Crippen LogP contribution in [0.5, 0.6) is 0 Å². The average Bonchev–Trinajstić information content (AvgIpc) is 2.03. The van der Waals surface area contributed by atoms with Gasteiger partial charge < -0.3 is 4.74 Å². The standard InChI is InChI=1S/C12H24O/c1-9(2)7-11-5-6-12(13-4)10(3)8-11/h9-12H,5-8H2,1-4H3/t10-,11+,12+/m0/s1. The molecule has 0 bridgehead atoms. The van der Waals surface area contributed by atoms with Crippen LogP contribution in [0.25, 0.3) is 0 Å². The van der Waals surface area contributed by atoms with Gasteiger partial charge in [0.05, 0.1) is 6.10 Å². The number of ether oxygens (including phenoxy) is 1. The monoisotopic (exact) mass is 184 g/mol. The lowest BCUT2D eigenvalue weighted by Crippen LogP contribution is -2.29. The zero-order valence-corrected chi connectivity index (χ0v) is 9.55. The van der Waals surface area contributed by atoms with Crippen molar-refractivity contribution in [1.29, 1.82) is 0 Å². The fourth-order valence-corrected chi connectivity index (χ4v) is 2.71. The van der Waals surface area contributed by atoms with Crippen LogP contribution in [0.2, 0.25) is 0 Å². The van der Waals surface area contributed by atoms with Gasteiger partial charge in [-0.3, -0.25) is 0 Å². The van der Waals surface area contributed by atoms with E-state index >= 15 is 0 Å². The van der Waals surface area contributed by atoms with E-state index in [-0.39, 0.29) is 0 Å². The van der Waals surface area contributed by atoms with Crippen molar-refractivity contribution in [1.82, 2.24) is 0 Å². The van der Waals surface area contributed by atoms with Crippen LogP contribution in [0.4, 0.5) is 0 Å². The molecule has 0 aromatic carbocycles. The summed E-state index contributed by atoms with van der Waals surface area (Å²) in [6, 6.07) is 0. The van der Waals surface area contributed by atoms with Gasteiger partial charge in [-0.05, 0) is 43.4 Å². The van der Waals surface area contributed by atoms with Gasteiger partial charge in [-0.25, -0.2) is 0 Å². The SMILES string of the molecule is CO[C@@H]1CC[C@H](CC(C)C)C[C@@H]1C. The van der Waals surface area contributed by atoms with Crippen molar-refractivity contribution in [3.05, 3.63) is 0 Å². The van der Waals surface area contributed by atoms with Gasteiger partial charge in [-0.1, -0.05) is 20.8 Å². The number of hydrogen-bond acceptors (Lipinski definition) is 1. The molecular weight excluding hydrogens is 160 g/mol. The number of hydrogen-bond donors (Lipinski definition) is 0. The summed E-state index contributed by atoms with van der Waals surface area (Å²) in [5, 5.41) is 0. The summed E-state index contributed by atoms with van der Waals surface area (Å²) in [4.78, 5) is 0. The van der Waals surface area contributed by atoms with Crippen molar-refractivity contribution in [2.75, 3.05) is 7.11 Å². The van der Waals surface area contributed by atoms with Crippen molar-refractivity contribution >= 4 is 0 Å². The molecule has 0 spiro atoms. The Morgan fingerprint density at radius 3 is 2.46 bits per heavy atom. The highest BCUT2D eigenvalue weighted by atomic mass is 16.5. The van der Waals surface area contributed by atoms with Gasteiger partial charge in [0, 0.05) is 7.11 Å². The first kappa shape index (κ1) is 11.0. The second-order valence-corrected chi connectivity index (χ2v) is 5.06.